The molecule has 2 fully saturated rings. The zero-order chi connectivity index (χ0) is 30.6. The Kier molecular flexibility index (Phi) is 9.39. The minimum absolute atomic E-state index is 0.0221. The van der Waals surface area contributed by atoms with Gasteiger partial charge in [0.2, 0.25) is 11.8 Å². The lowest BCUT2D eigenvalue weighted by Gasteiger charge is -2.34. The standard InChI is InChI=1S/C34H39N5O3S2/c1-22-17-30(44-21-22)37-29(40)19-39-15-14-38(20-31(39)41)18-26-32(34(42)35-23(2)24-9-4-3-5-10-24)25-11-6-7-12-27(25)36-33(26)28-13-8-16-43-28/h6-8,11-13,16-17,21,23-24H,3-5,9-10,14-15,18-20H2,1-2H3,(H,35,42)(H,37,40). The number of hydrogen-bond donors (Lipinski definition) is 2. The van der Waals surface area contributed by atoms with Gasteiger partial charge in [0.15, 0.2) is 0 Å². The largest absolute Gasteiger partial charge is 0.349 e. The summed E-state index contributed by atoms with van der Waals surface area (Å²) >= 11 is 3.07. The number of para-hydroxylation sites is 1. The maximum Gasteiger partial charge on any atom is 0.252 e. The van der Waals surface area contributed by atoms with Crippen molar-refractivity contribution in [2.24, 2.45) is 5.92 Å². The van der Waals surface area contributed by atoms with Gasteiger partial charge in [0.1, 0.15) is 0 Å². The van der Waals surface area contributed by atoms with Crippen LogP contribution in [0.5, 0.6) is 0 Å². The van der Waals surface area contributed by atoms with E-state index in [1.54, 1.807) is 16.2 Å². The molecular weight excluding hydrogens is 591 g/mol. The summed E-state index contributed by atoms with van der Waals surface area (Å²) in [5, 5.41) is 11.9. The number of carbonyl (C=O) groups is 3. The van der Waals surface area contributed by atoms with Gasteiger partial charge in [-0.05, 0) is 67.1 Å². The number of aryl methyl sites for hydroxylation is 1. The molecule has 1 aromatic carbocycles. The summed E-state index contributed by atoms with van der Waals surface area (Å²) < 4.78 is 0. The number of piperazine rings is 1. The van der Waals surface area contributed by atoms with E-state index >= 15 is 0 Å². The van der Waals surface area contributed by atoms with Crippen LogP contribution in [0, 0.1) is 12.8 Å². The van der Waals surface area contributed by atoms with E-state index in [1.165, 1.54) is 30.6 Å². The number of pyridine rings is 1. The van der Waals surface area contributed by atoms with Crippen LogP contribution in [0.15, 0.2) is 53.2 Å². The van der Waals surface area contributed by atoms with E-state index in [2.05, 4.69) is 22.5 Å². The van der Waals surface area contributed by atoms with Gasteiger partial charge in [-0.15, -0.1) is 22.7 Å². The number of aromatic nitrogens is 1. The van der Waals surface area contributed by atoms with E-state index < -0.39 is 0 Å². The van der Waals surface area contributed by atoms with E-state index in [0.29, 0.717) is 31.1 Å². The van der Waals surface area contributed by atoms with Crippen LogP contribution in [0.2, 0.25) is 0 Å². The molecule has 4 heterocycles. The van der Waals surface area contributed by atoms with Gasteiger partial charge in [-0.1, -0.05) is 43.5 Å². The van der Waals surface area contributed by atoms with E-state index in [4.69, 9.17) is 4.98 Å². The molecule has 1 aliphatic heterocycles. The number of nitrogens with one attached hydrogen (secondary N) is 2. The normalized spacial score (nSPS) is 17.1. The molecule has 0 radical (unpaired) electrons. The van der Waals surface area contributed by atoms with Crippen molar-refractivity contribution in [3.8, 4) is 10.6 Å². The Morgan fingerprint density at radius 2 is 1.89 bits per heavy atom. The van der Waals surface area contributed by atoms with Gasteiger partial charge in [-0.2, -0.15) is 0 Å². The summed E-state index contributed by atoms with van der Waals surface area (Å²) in [5.41, 5.74) is 4.14. The first kappa shape index (κ1) is 30.4. The zero-order valence-corrected chi connectivity index (χ0v) is 26.9. The second kappa shape index (κ2) is 13.6. The Morgan fingerprint density at radius 1 is 1.07 bits per heavy atom. The van der Waals surface area contributed by atoms with Crippen LogP contribution in [0.3, 0.4) is 0 Å². The molecule has 1 unspecified atom stereocenters. The van der Waals surface area contributed by atoms with Gasteiger partial charge in [0.25, 0.3) is 5.91 Å². The van der Waals surface area contributed by atoms with Gasteiger partial charge in [-0.25, -0.2) is 4.98 Å². The molecule has 1 atom stereocenters. The predicted octanol–water partition coefficient (Wildman–Crippen LogP) is 6.31. The fourth-order valence-corrected chi connectivity index (χ4v) is 7.99. The first-order valence-corrected chi connectivity index (χ1v) is 17.2. The molecule has 3 amide bonds. The van der Waals surface area contributed by atoms with Crippen LogP contribution < -0.4 is 10.6 Å². The summed E-state index contributed by atoms with van der Waals surface area (Å²) in [7, 11) is 0. The molecule has 2 aliphatic rings. The molecule has 4 aromatic rings. The number of anilines is 1. The number of benzene rings is 1. The fraction of sp³-hybridized carbons (Fsp3) is 0.412. The highest BCUT2D eigenvalue weighted by molar-refractivity contribution is 7.14. The summed E-state index contributed by atoms with van der Waals surface area (Å²) in [4.78, 5) is 49.9. The Morgan fingerprint density at radius 3 is 2.61 bits per heavy atom. The summed E-state index contributed by atoms with van der Waals surface area (Å²) in [6.07, 6.45) is 5.98. The van der Waals surface area contributed by atoms with Crippen LogP contribution in [-0.4, -0.2) is 64.7 Å². The van der Waals surface area contributed by atoms with Crippen LogP contribution in [0.25, 0.3) is 21.5 Å². The van der Waals surface area contributed by atoms with E-state index in [0.717, 1.165) is 50.4 Å². The Hall–Kier alpha value is -3.60. The minimum atomic E-state index is -0.196. The van der Waals surface area contributed by atoms with Gasteiger partial charge < -0.3 is 15.5 Å². The van der Waals surface area contributed by atoms with Crippen LogP contribution in [-0.2, 0) is 16.1 Å². The summed E-state index contributed by atoms with van der Waals surface area (Å²) in [6, 6.07) is 13.9. The van der Waals surface area contributed by atoms with Gasteiger partial charge in [-0.3, -0.25) is 19.3 Å². The third-order valence-electron chi connectivity index (χ3n) is 8.80. The van der Waals surface area contributed by atoms with Crippen molar-refractivity contribution in [2.45, 2.75) is 58.5 Å². The highest BCUT2D eigenvalue weighted by Crippen LogP contribution is 2.34. The molecule has 1 saturated heterocycles. The molecule has 44 heavy (non-hydrogen) atoms. The van der Waals surface area contributed by atoms with Crippen molar-refractivity contribution in [2.75, 3.05) is 31.5 Å². The maximum absolute atomic E-state index is 14.2. The van der Waals surface area contributed by atoms with Crippen molar-refractivity contribution in [3.63, 3.8) is 0 Å². The van der Waals surface area contributed by atoms with Crippen LogP contribution >= 0.6 is 22.7 Å². The van der Waals surface area contributed by atoms with Crippen LogP contribution in [0.4, 0.5) is 5.00 Å². The Balaban J connectivity index is 1.25. The lowest BCUT2D eigenvalue weighted by Crippen LogP contribution is -2.52. The van der Waals surface area contributed by atoms with E-state index in [1.807, 2.05) is 60.1 Å². The maximum atomic E-state index is 14.2. The molecule has 230 valence electrons. The SMILES string of the molecule is Cc1csc(NC(=O)CN2CCN(Cc3c(-c4cccs4)nc4ccccc4c3C(=O)NC(C)C3CCCCC3)CC2=O)c1. The Labute approximate surface area is 266 Å². The molecule has 0 bridgehead atoms. The predicted molar refractivity (Wildman–Crippen MR) is 178 cm³/mol. The van der Waals surface area contributed by atoms with Crippen molar-refractivity contribution >= 4 is 56.3 Å². The summed E-state index contributed by atoms with van der Waals surface area (Å²) in [6.45, 7) is 5.74. The van der Waals surface area contributed by atoms with Crippen molar-refractivity contribution in [3.05, 3.63) is 69.9 Å². The van der Waals surface area contributed by atoms with Crippen molar-refractivity contribution in [1.82, 2.24) is 20.1 Å². The monoisotopic (exact) mass is 629 g/mol. The number of amides is 3. The highest BCUT2D eigenvalue weighted by Gasteiger charge is 2.30. The lowest BCUT2D eigenvalue weighted by atomic mass is 9.84. The highest BCUT2D eigenvalue weighted by atomic mass is 32.1. The third-order valence-corrected chi connectivity index (χ3v) is 10.6. The van der Waals surface area contributed by atoms with E-state index in [9.17, 15) is 14.4 Å². The second-order valence-corrected chi connectivity index (χ2v) is 13.9. The number of carbonyl (C=O) groups excluding carboxylic acids is 3. The third kappa shape index (κ3) is 6.87. The van der Waals surface area contributed by atoms with Crippen molar-refractivity contribution in [1.29, 1.82) is 0 Å². The van der Waals surface area contributed by atoms with Crippen molar-refractivity contribution < 1.29 is 14.4 Å². The Bertz CT molecular complexity index is 1640. The number of rotatable bonds is 9. The summed E-state index contributed by atoms with van der Waals surface area (Å²) in [5.74, 6) is 0.100. The molecule has 1 aliphatic carbocycles. The minimum Gasteiger partial charge on any atom is -0.349 e. The van der Waals surface area contributed by atoms with E-state index in [-0.39, 0.29) is 36.9 Å². The van der Waals surface area contributed by atoms with Gasteiger partial charge >= 0.3 is 0 Å². The molecule has 3 aromatic heterocycles. The molecule has 10 heteroatoms. The number of thiophene rings is 2. The van der Waals surface area contributed by atoms with Crippen LogP contribution in [0.1, 0.15) is 60.5 Å². The molecule has 8 nitrogen and oxygen atoms in total. The molecule has 1 saturated carbocycles. The second-order valence-electron chi connectivity index (χ2n) is 12.0. The molecule has 0 spiro atoms. The molecule has 2 N–H and O–H groups in total. The number of fused-ring (bicyclic) bond motifs is 1. The molecule has 6 rings (SSSR count). The fourth-order valence-electron chi connectivity index (χ4n) is 6.44. The first-order chi connectivity index (χ1) is 21.4. The average molecular weight is 630 g/mol. The lowest BCUT2D eigenvalue weighted by molar-refractivity contribution is -0.139. The first-order valence-electron chi connectivity index (χ1n) is 15.5. The number of hydrogen-bond acceptors (Lipinski definition) is 7. The molecular formula is C34H39N5O3S2. The quantitative estimate of drug-likeness (QED) is 0.226. The number of nitrogens with zero attached hydrogens (tertiary/aromatic N) is 3. The smallest absolute Gasteiger partial charge is 0.252 e. The van der Waals surface area contributed by atoms with Gasteiger partial charge in [0.05, 0.1) is 39.7 Å². The topological polar surface area (TPSA) is 94.6 Å². The average Bonchev–Trinajstić information content (AvgIpc) is 3.70. The zero-order valence-electron chi connectivity index (χ0n) is 25.3. The van der Waals surface area contributed by atoms with Gasteiger partial charge in [0, 0.05) is 36.6 Å².